The number of para-hydroxylation sites is 1. The average Bonchev–Trinajstić information content (AvgIpc) is 3.11. The number of nitrogens with zero attached hydrogens (tertiary/aromatic N) is 3. The predicted molar refractivity (Wildman–Crippen MR) is 107 cm³/mol. The van der Waals surface area contributed by atoms with E-state index in [1.807, 2.05) is 24.3 Å². The van der Waals surface area contributed by atoms with E-state index in [9.17, 15) is 5.26 Å². The molecule has 0 saturated carbocycles. The van der Waals surface area contributed by atoms with Crippen molar-refractivity contribution >= 4 is 22.5 Å². The third-order valence-electron chi connectivity index (χ3n) is 5.42. The highest BCUT2D eigenvalue weighted by molar-refractivity contribution is 6.30. The van der Waals surface area contributed by atoms with E-state index >= 15 is 0 Å². The Hall–Kier alpha value is -2.28. The molecule has 0 aliphatic carbocycles. The van der Waals surface area contributed by atoms with E-state index in [0.29, 0.717) is 6.04 Å². The summed E-state index contributed by atoms with van der Waals surface area (Å²) >= 11 is 6.08. The first-order valence-corrected chi connectivity index (χ1v) is 9.59. The quantitative estimate of drug-likeness (QED) is 0.650. The summed E-state index contributed by atoms with van der Waals surface area (Å²) in [6.45, 7) is 3.27. The molecule has 1 aliphatic heterocycles. The van der Waals surface area contributed by atoms with Crippen LogP contribution in [0, 0.1) is 11.3 Å². The van der Waals surface area contributed by atoms with Crippen LogP contribution in [0.3, 0.4) is 0 Å². The molecule has 0 spiro atoms. The van der Waals surface area contributed by atoms with Gasteiger partial charge in [0.15, 0.2) is 0 Å². The number of likely N-dealkylation sites (tertiary alicyclic amines) is 1. The number of benzene rings is 2. The van der Waals surface area contributed by atoms with Gasteiger partial charge in [-0.15, -0.1) is 0 Å². The molecule has 26 heavy (non-hydrogen) atoms. The highest BCUT2D eigenvalue weighted by Crippen LogP contribution is 2.29. The van der Waals surface area contributed by atoms with Gasteiger partial charge < -0.3 is 9.47 Å². The fraction of sp³-hybridized carbons (Fsp3) is 0.318. The zero-order valence-electron chi connectivity index (χ0n) is 14.7. The van der Waals surface area contributed by atoms with Crippen LogP contribution in [0.15, 0.2) is 54.7 Å². The van der Waals surface area contributed by atoms with Crippen molar-refractivity contribution < 1.29 is 0 Å². The van der Waals surface area contributed by atoms with Crippen LogP contribution in [0.4, 0.5) is 0 Å². The zero-order chi connectivity index (χ0) is 17.9. The summed E-state index contributed by atoms with van der Waals surface area (Å²) in [4.78, 5) is 2.54. The molecule has 2 aromatic carbocycles. The minimum absolute atomic E-state index is 0.476. The van der Waals surface area contributed by atoms with Gasteiger partial charge in [-0.2, -0.15) is 5.26 Å². The first-order valence-electron chi connectivity index (χ1n) is 9.21. The Morgan fingerprint density at radius 3 is 2.65 bits per heavy atom. The van der Waals surface area contributed by atoms with E-state index < -0.39 is 0 Å². The van der Waals surface area contributed by atoms with E-state index in [4.69, 9.17) is 11.6 Å². The lowest BCUT2D eigenvalue weighted by Crippen LogP contribution is -2.35. The van der Waals surface area contributed by atoms with Crippen LogP contribution in [0.5, 0.6) is 0 Å². The Morgan fingerprint density at radius 2 is 1.88 bits per heavy atom. The summed E-state index contributed by atoms with van der Waals surface area (Å²) in [7, 11) is 0. The van der Waals surface area contributed by atoms with Crippen molar-refractivity contribution in [3.05, 3.63) is 70.9 Å². The minimum atomic E-state index is 0.476. The molecule has 3 aromatic rings. The molecule has 132 valence electrons. The summed E-state index contributed by atoms with van der Waals surface area (Å²) in [5.74, 6) is 0. The summed E-state index contributed by atoms with van der Waals surface area (Å²) in [6, 6.07) is 19.1. The molecule has 1 saturated heterocycles. The summed E-state index contributed by atoms with van der Waals surface area (Å²) in [6.07, 6.45) is 5.44. The van der Waals surface area contributed by atoms with Crippen molar-refractivity contribution in [1.29, 1.82) is 5.26 Å². The number of piperidine rings is 1. The Morgan fingerprint density at radius 1 is 1.08 bits per heavy atom. The van der Waals surface area contributed by atoms with Crippen LogP contribution in [0.1, 0.15) is 30.0 Å². The van der Waals surface area contributed by atoms with Gasteiger partial charge in [0.25, 0.3) is 0 Å². The van der Waals surface area contributed by atoms with E-state index in [1.54, 1.807) is 0 Å². The molecule has 1 fully saturated rings. The molecular formula is C22H22ClN3. The maximum Gasteiger partial charge on any atom is 0.101 e. The van der Waals surface area contributed by atoms with E-state index in [0.717, 1.165) is 60.4 Å². The Kier molecular flexibility index (Phi) is 4.97. The highest BCUT2D eigenvalue weighted by atomic mass is 35.5. The van der Waals surface area contributed by atoms with Gasteiger partial charge >= 0.3 is 0 Å². The standard InChI is InChI=1S/C22H22ClN3/c23-20-6-1-3-17(15-20)7-11-25-12-9-21(10-13-25)26-14-8-18-4-2-5-19(16-24)22(18)26/h1-6,8,14-15,21H,7,9-13H2. The lowest BCUT2D eigenvalue weighted by atomic mass is 10.0. The molecule has 0 N–H and O–H groups in total. The van der Waals surface area contributed by atoms with Gasteiger partial charge in [-0.1, -0.05) is 35.9 Å². The molecule has 4 rings (SSSR count). The van der Waals surface area contributed by atoms with E-state index in [-0.39, 0.29) is 0 Å². The van der Waals surface area contributed by atoms with E-state index in [2.05, 4.69) is 46.0 Å². The molecule has 1 aliphatic rings. The van der Waals surface area contributed by atoms with E-state index in [1.165, 1.54) is 5.56 Å². The van der Waals surface area contributed by atoms with Gasteiger partial charge in [0.2, 0.25) is 0 Å². The van der Waals surface area contributed by atoms with Gasteiger partial charge in [-0.25, -0.2) is 0 Å². The first kappa shape index (κ1) is 17.1. The van der Waals surface area contributed by atoms with Crippen molar-refractivity contribution in [2.45, 2.75) is 25.3 Å². The molecular weight excluding hydrogens is 342 g/mol. The molecule has 2 heterocycles. The molecule has 0 unspecified atom stereocenters. The number of rotatable bonds is 4. The Labute approximate surface area is 159 Å². The van der Waals surface area contributed by atoms with Gasteiger partial charge in [-0.3, -0.25) is 0 Å². The lowest BCUT2D eigenvalue weighted by Gasteiger charge is -2.33. The van der Waals surface area contributed by atoms with Crippen LogP contribution >= 0.6 is 11.6 Å². The number of hydrogen-bond donors (Lipinski definition) is 0. The smallest absolute Gasteiger partial charge is 0.101 e. The van der Waals surface area contributed by atoms with Crippen molar-refractivity contribution in [2.24, 2.45) is 0 Å². The topological polar surface area (TPSA) is 32.0 Å². The molecule has 3 nitrogen and oxygen atoms in total. The van der Waals surface area contributed by atoms with Crippen LogP contribution < -0.4 is 0 Å². The SMILES string of the molecule is N#Cc1cccc2ccn(C3CCN(CCc4cccc(Cl)c4)CC3)c12. The normalized spacial score (nSPS) is 16.0. The Balaban J connectivity index is 1.40. The monoisotopic (exact) mass is 363 g/mol. The summed E-state index contributed by atoms with van der Waals surface area (Å²) in [5, 5.41) is 11.4. The van der Waals surface area contributed by atoms with Crippen molar-refractivity contribution in [3.8, 4) is 6.07 Å². The average molecular weight is 364 g/mol. The molecule has 1 aromatic heterocycles. The van der Waals surface area contributed by atoms with Gasteiger partial charge in [0.05, 0.1) is 11.1 Å². The molecule has 0 amide bonds. The van der Waals surface area contributed by atoms with Crippen molar-refractivity contribution in [2.75, 3.05) is 19.6 Å². The minimum Gasteiger partial charge on any atom is -0.343 e. The second kappa shape index (κ2) is 7.53. The summed E-state index contributed by atoms with van der Waals surface area (Å²) in [5.41, 5.74) is 3.16. The third-order valence-corrected chi connectivity index (χ3v) is 5.65. The number of aromatic nitrogens is 1. The maximum atomic E-state index is 9.44. The fourth-order valence-electron chi connectivity index (χ4n) is 4.01. The van der Waals surface area contributed by atoms with Crippen LogP contribution in [0.2, 0.25) is 5.02 Å². The van der Waals surface area contributed by atoms with Crippen molar-refractivity contribution in [1.82, 2.24) is 9.47 Å². The van der Waals surface area contributed by atoms with Crippen molar-refractivity contribution in [3.63, 3.8) is 0 Å². The summed E-state index contributed by atoms with van der Waals surface area (Å²) < 4.78 is 2.32. The number of hydrogen-bond acceptors (Lipinski definition) is 2. The molecule has 0 radical (unpaired) electrons. The first-order chi connectivity index (χ1) is 12.7. The van der Waals surface area contributed by atoms with Crippen LogP contribution in [-0.2, 0) is 6.42 Å². The number of nitriles is 1. The number of halogens is 1. The van der Waals surface area contributed by atoms with Gasteiger partial charge in [-0.05, 0) is 49.1 Å². The lowest BCUT2D eigenvalue weighted by molar-refractivity contribution is 0.190. The fourth-order valence-corrected chi connectivity index (χ4v) is 4.23. The highest BCUT2D eigenvalue weighted by Gasteiger charge is 2.22. The maximum absolute atomic E-state index is 9.44. The second-order valence-electron chi connectivity index (χ2n) is 7.03. The second-order valence-corrected chi connectivity index (χ2v) is 7.47. The predicted octanol–water partition coefficient (Wildman–Crippen LogP) is 5.05. The van der Waals surface area contributed by atoms with Crippen LogP contribution in [0.25, 0.3) is 10.9 Å². The molecule has 0 atom stereocenters. The molecule has 4 heteroatoms. The van der Waals surface area contributed by atoms with Crippen LogP contribution in [-0.4, -0.2) is 29.1 Å². The zero-order valence-corrected chi connectivity index (χ0v) is 15.5. The van der Waals surface area contributed by atoms with Gasteiger partial charge in [0, 0.05) is 42.3 Å². The number of fused-ring (bicyclic) bond motifs is 1. The van der Waals surface area contributed by atoms with Gasteiger partial charge in [0.1, 0.15) is 6.07 Å². The molecule has 0 bridgehead atoms. The third kappa shape index (κ3) is 3.49. The largest absolute Gasteiger partial charge is 0.343 e. The Bertz CT molecular complexity index is 945.